The predicted octanol–water partition coefficient (Wildman–Crippen LogP) is 3.87. The third-order valence-electron chi connectivity index (χ3n) is 4.92. The van der Waals surface area contributed by atoms with Gasteiger partial charge >= 0.3 is 0 Å². The highest BCUT2D eigenvalue weighted by Crippen LogP contribution is 2.27. The van der Waals surface area contributed by atoms with Crippen LogP contribution in [0, 0.1) is 0 Å². The smallest absolute Gasteiger partial charge is 0.183 e. The summed E-state index contributed by atoms with van der Waals surface area (Å²) in [6, 6.07) is 9.83. The number of ether oxygens (including phenoxy) is 1. The molecule has 0 aliphatic carbocycles. The van der Waals surface area contributed by atoms with E-state index in [1.54, 1.807) is 28.5 Å². The van der Waals surface area contributed by atoms with Crippen molar-refractivity contribution in [2.45, 2.75) is 30.2 Å². The Balaban J connectivity index is 2.04. The topological polar surface area (TPSA) is 82.2 Å². The summed E-state index contributed by atoms with van der Waals surface area (Å²) in [4.78, 5) is 4.75. The third-order valence-corrected chi connectivity index (χ3v) is 6.50. The number of pyridine rings is 1. The Labute approximate surface area is 190 Å². The number of benzene rings is 1. The average Bonchev–Trinajstić information content (AvgIpc) is 3.14. The van der Waals surface area contributed by atoms with Gasteiger partial charge in [0.1, 0.15) is 0 Å². The molecule has 8 heteroatoms. The van der Waals surface area contributed by atoms with E-state index in [2.05, 4.69) is 28.5 Å². The quantitative estimate of drug-likeness (QED) is 0.289. The largest absolute Gasteiger partial charge is 0.483 e. The number of methoxy groups -OCH3 is 1. The molecule has 3 rings (SSSR count). The summed E-state index contributed by atoms with van der Waals surface area (Å²) in [7, 11) is 2.02. The van der Waals surface area contributed by atoms with E-state index < -0.39 is 11.0 Å². The van der Waals surface area contributed by atoms with E-state index in [1.807, 2.05) is 32.3 Å². The van der Waals surface area contributed by atoms with Gasteiger partial charge in [0.2, 0.25) is 0 Å². The van der Waals surface area contributed by atoms with Gasteiger partial charge in [-0.25, -0.2) is 4.21 Å². The fourth-order valence-electron chi connectivity index (χ4n) is 3.28. The molecule has 0 saturated heterocycles. The Hall–Kier alpha value is -2.61. The van der Waals surface area contributed by atoms with Crippen LogP contribution in [-0.2, 0) is 28.7 Å². The van der Waals surface area contributed by atoms with Gasteiger partial charge in [0, 0.05) is 30.5 Å². The molecule has 2 aromatic heterocycles. The van der Waals surface area contributed by atoms with Crippen molar-refractivity contribution in [3.63, 3.8) is 0 Å². The molecule has 0 spiro atoms. The van der Waals surface area contributed by atoms with E-state index in [0.29, 0.717) is 23.7 Å². The molecule has 0 fully saturated rings. The molecule has 2 atom stereocenters. The van der Waals surface area contributed by atoms with Gasteiger partial charge in [0.25, 0.3) is 0 Å². The lowest BCUT2D eigenvalue weighted by atomic mass is 10.0. The summed E-state index contributed by atoms with van der Waals surface area (Å²) >= 11 is 6.40. The van der Waals surface area contributed by atoms with Crippen molar-refractivity contribution in [1.82, 2.24) is 14.3 Å². The molecule has 164 valence electrons. The van der Waals surface area contributed by atoms with E-state index in [9.17, 15) is 4.21 Å². The number of hydrogen-bond donors (Lipinski definition) is 2. The zero-order valence-corrected chi connectivity index (χ0v) is 19.4. The number of rotatable bonds is 9. The maximum Gasteiger partial charge on any atom is 0.183 e. The molecule has 3 N–H and O–H groups in total. The number of allylic oxidation sites excluding steroid dienone is 3. The second-order valence-electron chi connectivity index (χ2n) is 7.11. The maximum atomic E-state index is 13.3. The van der Waals surface area contributed by atoms with Crippen LogP contribution in [0.5, 0.6) is 0 Å². The fraction of sp³-hybridized carbons (Fsp3) is 0.261. The van der Waals surface area contributed by atoms with Crippen molar-refractivity contribution in [2.24, 2.45) is 5.73 Å². The molecule has 0 bridgehead atoms. The Bertz CT molecular complexity index is 1120. The zero-order chi connectivity index (χ0) is 22.4. The number of nitrogens with zero attached hydrogens (tertiary/aromatic N) is 2. The van der Waals surface area contributed by atoms with Gasteiger partial charge < -0.3 is 15.8 Å². The lowest BCUT2D eigenvalue weighted by molar-refractivity contribution is 0.287. The summed E-state index contributed by atoms with van der Waals surface area (Å²) in [5, 5.41) is 4.07. The minimum atomic E-state index is -1.40. The molecule has 0 amide bonds. The highest BCUT2D eigenvalue weighted by atomic mass is 35.5. The lowest BCUT2D eigenvalue weighted by Crippen LogP contribution is -2.06. The summed E-state index contributed by atoms with van der Waals surface area (Å²) in [6.07, 6.45) is 9.48. The van der Waals surface area contributed by atoms with Crippen molar-refractivity contribution >= 4 is 33.5 Å². The van der Waals surface area contributed by atoms with Crippen LogP contribution in [0.2, 0.25) is 0 Å². The van der Waals surface area contributed by atoms with Crippen LogP contribution < -0.4 is 11.1 Å². The Morgan fingerprint density at radius 1 is 1.39 bits per heavy atom. The Morgan fingerprint density at radius 2 is 2.19 bits per heavy atom. The van der Waals surface area contributed by atoms with Crippen LogP contribution in [0.3, 0.4) is 0 Å². The van der Waals surface area contributed by atoms with Crippen molar-refractivity contribution in [3.05, 3.63) is 83.7 Å². The highest BCUT2D eigenvalue weighted by molar-refractivity contribution is 7.83. The molecule has 2 unspecified atom stereocenters. The van der Waals surface area contributed by atoms with Crippen molar-refractivity contribution in [3.8, 4) is 0 Å². The molecular formula is C23H27ClN4O2S. The van der Waals surface area contributed by atoms with Gasteiger partial charge in [-0.3, -0.25) is 8.96 Å². The monoisotopic (exact) mass is 458 g/mol. The van der Waals surface area contributed by atoms with Gasteiger partial charge in [-0.05, 0) is 61.4 Å². The molecule has 3 aromatic rings. The number of hydrogen-bond acceptors (Lipinski definition) is 5. The van der Waals surface area contributed by atoms with Crippen LogP contribution >= 0.6 is 11.6 Å². The van der Waals surface area contributed by atoms with Crippen LogP contribution in [0.1, 0.15) is 18.1 Å². The van der Waals surface area contributed by atoms with E-state index in [-0.39, 0.29) is 5.38 Å². The number of nitrogens with two attached hydrogens (primary N) is 1. The second kappa shape index (κ2) is 10.6. The van der Waals surface area contributed by atoms with E-state index in [1.165, 1.54) is 7.11 Å². The molecular weight excluding hydrogens is 432 g/mol. The minimum Gasteiger partial charge on any atom is -0.483 e. The molecule has 0 saturated carbocycles. The summed E-state index contributed by atoms with van der Waals surface area (Å²) in [5.74, 6) is 0.322. The first-order chi connectivity index (χ1) is 14.9. The van der Waals surface area contributed by atoms with E-state index in [0.717, 1.165) is 27.6 Å². The third kappa shape index (κ3) is 5.55. The lowest BCUT2D eigenvalue weighted by Gasteiger charge is -2.11. The summed E-state index contributed by atoms with van der Waals surface area (Å²) < 4.78 is 20.1. The molecule has 2 heterocycles. The van der Waals surface area contributed by atoms with Gasteiger partial charge in [0.05, 0.1) is 22.9 Å². The summed E-state index contributed by atoms with van der Waals surface area (Å²) in [6.45, 7) is 2.60. The molecule has 6 nitrogen and oxygen atoms in total. The first-order valence-corrected chi connectivity index (χ1v) is 11.4. The van der Waals surface area contributed by atoms with Crippen LogP contribution in [0.4, 0.5) is 0 Å². The summed E-state index contributed by atoms with van der Waals surface area (Å²) in [5.41, 5.74) is 9.78. The standard InChI is InChI=1S/C23H27ClN4O2S/c1-16(24)18(7-9-23(25)30-3)11-17-6-8-21-19(13-26-2)15-28(22(21)12-17)31(29)20-5-4-10-27-14-20/h4-10,12,14-16,26H,11,13,25H2,1-3H3/b18-7-,23-9+. The number of aromatic nitrogens is 2. The zero-order valence-electron chi connectivity index (χ0n) is 17.8. The number of fused-ring (bicyclic) bond motifs is 1. The number of nitrogens with one attached hydrogen (secondary N) is 1. The maximum absolute atomic E-state index is 13.3. The van der Waals surface area contributed by atoms with Crippen molar-refractivity contribution in [1.29, 1.82) is 0 Å². The highest BCUT2D eigenvalue weighted by Gasteiger charge is 2.16. The SMILES string of the molecule is CNCc1cn(S(=O)c2cccnc2)c2cc(C/C(=C/C=C(\N)OC)C(C)Cl)ccc12. The molecule has 31 heavy (non-hydrogen) atoms. The molecule has 0 radical (unpaired) electrons. The Morgan fingerprint density at radius 3 is 2.84 bits per heavy atom. The van der Waals surface area contributed by atoms with E-state index >= 15 is 0 Å². The second-order valence-corrected chi connectivity index (χ2v) is 9.13. The Kier molecular flexibility index (Phi) is 7.90. The number of alkyl halides is 1. The fourth-order valence-corrected chi connectivity index (χ4v) is 4.55. The van der Waals surface area contributed by atoms with Gasteiger partial charge in [-0.2, -0.15) is 0 Å². The number of halogens is 1. The molecule has 1 aromatic carbocycles. The normalized spacial score (nSPS) is 14.6. The van der Waals surface area contributed by atoms with Crippen molar-refractivity contribution < 1.29 is 8.95 Å². The van der Waals surface area contributed by atoms with Crippen molar-refractivity contribution in [2.75, 3.05) is 14.2 Å². The first kappa shape index (κ1) is 23.1. The molecule has 0 aliphatic heterocycles. The first-order valence-electron chi connectivity index (χ1n) is 9.88. The molecule has 0 aliphatic rings. The average molecular weight is 459 g/mol. The van der Waals surface area contributed by atoms with Gasteiger partial charge in [-0.1, -0.05) is 18.2 Å². The minimum absolute atomic E-state index is 0.173. The van der Waals surface area contributed by atoms with E-state index in [4.69, 9.17) is 22.1 Å². The predicted molar refractivity (Wildman–Crippen MR) is 127 cm³/mol. The van der Waals surface area contributed by atoms with Crippen LogP contribution in [-0.4, -0.2) is 32.7 Å². The van der Waals surface area contributed by atoms with Crippen LogP contribution in [0.15, 0.2) is 77.4 Å². The van der Waals surface area contributed by atoms with Gasteiger partial charge in [0.15, 0.2) is 16.9 Å². The van der Waals surface area contributed by atoms with Crippen LogP contribution in [0.25, 0.3) is 10.9 Å². The van der Waals surface area contributed by atoms with Gasteiger partial charge in [-0.15, -0.1) is 11.6 Å².